The second kappa shape index (κ2) is 20.0. The number of aliphatic carboxylic acids is 1. The Morgan fingerprint density at radius 2 is 1.52 bits per heavy atom. The van der Waals surface area contributed by atoms with Crippen LogP contribution in [0.1, 0.15) is 33.6 Å². The van der Waals surface area contributed by atoms with Crippen LogP contribution in [0.2, 0.25) is 0 Å². The first-order valence-electron chi connectivity index (χ1n) is 17.3. The van der Waals surface area contributed by atoms with Crippen LogP contribution in [-0.2, 0) is 38.0 Å². The first kappa shape index (κ1) is 46.6. The maximum atomic E-state index is 12.5. The fraction of sp³-hybridized carbons (Fsp3) is 0.935. The van der Waals surface area contributed by atoms with Crippen LogP contribution < -0.4 is 5.32 Å². The molecule has 3 heterocycles. The minimum atomic E-state index is -2.86. The normalized spacial score (nSPS) is 40.9. The molecule has 3 fully saturated rings. The largest absolute Gasteiger partial charge is 0.477 e. The van der Waals surface area contributed by atoms with Gasteiger partial charge in [0, 0.05) is 25.9 Å². The second-order valence-corrected chi connectivity index (χ2v) is 13.8. The summed E-state index contributed by atoms with van der Waals surface area (Å²) in [4.78, 5) is 24.3. The van der Waals surface area contributed by atoms with Crippen LogP contribution in [0.25, 0.3) is 0 Å². The van der Waals surface area contributed by atoms with E-state index < -0.39 is 167 Å². The Bertz CT molecular complexity index is 1180. The molecule has 0 spiro atoms. The van der Waals surface area contributed by atoms with Gasteiger partial charge >= 0.3 is 5.97 Å². The molecule has 3 aliphatic rings. The number of carboxylic acid groups (broad SMARTS) is 1. The molecule has 0 bridgehead atoms. The van der Waals surface area contributed by atoms with E-state index in [1.807, 2.05) is 0 Å². The number of hydrogen-bond donors (Lipinski definition) is 15. The van der Waals surface area contributed by atoms with Gasteiger partial charge in [0.05, 0.1) is 50.3 Å². The summed E-state index contributed by atoms with van der Waals surface area (Å²) in [6.07, 6.45) is -30.8. The van der Waals surface area contributed by atoms with Crippen LogP contribution in [0.4, 0.5) is 0 Å². The molecule has 23 heteroatoms. The van der Waals surface area contributed by atoms with Gasteiger partial charge in [0.15, 0.2) is 12.6 Å². The summed E-state index contributed by atoms with van der Waals surface area (Å²) in [5, 5.41) is 147. The van der Waals surface area contributed by atoms with Crippen molar-refractivity contribution in [2.24, 2.45) is 5.92 Å². The Hall–Kier alpha value is -1.82. The summed E-state index contributed by atoms with van der Waals surface area (Å²) >= 11 is 0. The van der Waals surface area contributed by atoms with E-state index in [1.165, 1.54) is 13.8 Å². The quantitative estimate of drug-likeness (QED) is 0.0612. The molecule has 6 unspecified atom stereocenters. The zero-order valence-corrected chi connectivity index (χ0v) is 29.7. The minimum absolute atomic E-state index is 0.257. The standard InChI is InChI=1S/C31H55NO22/c1-10-19(41)26(16(8-35)50-28(10)52-25(11(2)36)20(42)13(38)4-5-33)53-29-24(46)23(45)22(44)17(51-29)9-49-31(30(47)48)6-14(39)18(32-12(3)37)27(54-31)21(43)15(40)7-34/h10-11,13-29,33-36,38-46H,4-9H2,1-3H3,(H,32,37)(H,47,48)/t10?,11-,13-,14-,15-,16+,17?,18-,19?,20+,21-,22+,23?,24+,25?,26-,27?,28+,29+,31-/m1/s1. The first-order valence-corrected chi connectivity index (χ1v) is 17.3. The smallest absolute Gasteiger partial charge is 0.364 e. The van der Waals surface area contributed by atoms with Gasteiger partial charge in [-0.15, -0.1) is 0 Å². The van der Waals surface area contributed by atoms with E-state index in [4.69, 9.17) is 33.5 Å². The number of amides is 1. The van der Waals surface area contributed by atoms with Crippen molar-refractivity contribution in [1.29, 1.82) is 0 Å². The van der Waals surface area contributed by atoms with Gasteiger partial charge in [-0.3, -0.25) is 4.79 Å². The molecule has 0 aromatic heterocycles. The van der Waals surface area contributed by atoms with E-state index in [1.54, 1.807) is 0 Å². The fourth-order valence-electron chi connectivity index (χ4n) is 6.50. The number of rotatable bonds is 18. The molecule has 54 heavy (non-hydrogen) atoms. The summed E-state index contributed by atoms with van der Waals surface area (Å²) in [6.45, 7) is 0.333. The van der Waals surface area contributed by atoms with Crippen molar-refractivity contribution in [3.63, 3.8) is 0 Å². The Morgan fingerprint density at radius 1 is 0.889 bits per heavy atom. The lowest BCUT2D eigenvalue weighted by atomic mass is 9.88. The highest BCUT2D eigenvalue weighted by atomic mass is 16.8. The zero-order chi connectivity index (χ0) is 40.8. The van der Waals surface area contributed by atoms with Crippen molar-refractivity contribution >= 4 is 11.9 Å². The van der Waals surface area contributed by atoms with Gasteiger partial charge < -0.3 is 105 Å². The Kier molecular flexibility index (Phi) is 17.3. The third-order valence-electron chi connectivity index (χ3n) is 9.71. The lowest BCUT2D eigenvalue weighted by molar-refractivity contribution is -0.367. The van der Waals surface area contributed by atoms with Gasteiger partial charge in [0.25, 0.3) is 5.79 Å². The molecule has 316 valence electrons. The fourth-order valence-corrected chi connectivity index (χ4v) is 6.50. The molecular formula is C31H55NO22. The van der Waals surface area contributed by atoms with Crippen molar-refractivity contribution in [1.82, 2.24) is 5.32 Å². The first-order chi connectivity index (χ1) is 25.2. The lowest BCUT2D eigenvalue weighted by Crippen LogP contribution is -2.68. The van der Waals surface area contributed by atoms with Crippen LogP contribution in [0, 0.1) is 5.92 Å². The van der Waals surface area contributed by atoms with Gasteiger partial charge in [-0.25, -0.2) is 4.79 Å². The van der Waals surface area contributed by atoms with Crippen LogP contribution in [-0.4, -0.2) is 226 Å². The van der Waals surface area contributed by atoms with E-state index in [-0.39, 0.29) is 6.42 Å². The maximum Gasteiger partial charge on any atom is 0.364 e. The Balaban J connectivity index is 1.80. The van der Waals surface area contributed by atoms with Crippen molar-refractivity contribution in [3.05, 3.63) is 0 Å². The summed E-state index contributed by atoms with van der Waals surface area (Å²) in [6, 6.07) is -1.50. The van der Waals surface area contributed by atoms with Gasteiger partial charge in [0.2, 0.25) is 5.91 Å². The minimum Gasteiger partial charge on any atom is -0.477 e. The van der Waals surface area contributed by atoms with E-state index >= 15 is 0 Å². The number of carbonyl (C=O) groups excluding carboxylic acids is 1. The molecule has 0 saturated carbocycles. The Labute approximate surface area is 308 Å². The van der Waals surface area contributed by atoms with E-state index in [9.17, 15) is 76.0 Å². The predicted octanol–water partition coefficient (Wildman–Crippen LogP) is -8.07. The summed E-state index contributed by atoms with van der Waals surface area (Å²) < 4.78 is 33.8. The van der Waals surface area contributed by atoms with E-state index in [0.717, 1.165) is 6.92 Å². The van der Waals surface area contributed by atoms with Crippen molar-refractivity contribution in [2.75, 3.05) is 26.4 Å². The van der Waals surface area contributed by atoms with E-state index in [2.05, 4.69) is 5.32 Å². The van der Waals surface area contributed by atoms with Gasteiger partial charge in [-0.05, 0) is 13.3 Å². The number of hydrogen-bond acceptors (Lipinski definition) is 21. The van der Waals surface area contributed by atoms with Gasteiger partial charge in [-0.2, -0.15) is 0 Å². The number of aliphatic hydroxyl groups is 13. The monoisotopic (exact) mass is 793 g/mol. The molecule has 15 N–H and O–H groups in total. The van der Waals surface area contributed by atoms with Crippen molar-refractivity contribution in [3.8, 4) is 0 Å². The number of ether oxygens (including phenoxy) is 6. The van der Waals surface area contributed by atoms with Gasteiger partial charge in [0.1, 0.15) is 67.1 Å². The van der Waals surface area contributed by atoms with Gasteiger partial charge in [-0.1, -0.05) is 6.92 Å². The summed E-state index contributed by atoms with van der Waals surface area (Å²) in [7, 11) is 0. The average Bonchev–Trinajstić information content (AvgIpc) is 3.12. The van der Waals surface area contributed by atoms with Crippen molar-refractivity contribution in [2.45, 2.75) is 150 Å². The summed E-state index contributed by atoms with van der Waals surface area (Å²) in [5.74, 6) is -6.55. The lowest BCUT2D eigenvalue weighted by Gasteiger charge is -2.48. The molecule has 3 saturated heterocycles. The highest BCUT2D eigenvalue weighted by Crippen LogP contribution is 2.36. The average molecular weight is 794 g/mol. The molecule has 0 aromatic rings. The molecule has 23 nitrogen and oxygen atoms in total. The number of aliphatic hydroxyl groups excluding tert-OH is 13. The molecule has 0 radical (unpaired) electrons. The molecule has 1 amide bonds. The number of carboxylic acids is 1. The molecule has 0 aromatic carbocycles. The number of carbonyl (C=O) groups is 2. The maximum absolute atomic E-state index is 12.5. The SMILES string of the molecule is CC(=O)N[C@H]1C([C@H](O)[C@H](O)CO)O[C@@](OCC2O[C@@H](O[C@H]3C(O)C(C)[C@H](OC([C@@H](O)[C@H](O)CCO)[C@@H](C)O)O[C@H]3CO)[C@@H](O)C(O)[C@H]2O)(C(=O)O)C[C@H]1O. The van der Waals surface area contributed by atoms with Crippen LogP contribution in [0.3, 0.4) is 0 Å². The third-order valence-corrected chi connectivity index (χ3v) is 9.71. The summed E-state index contributed by atoms with van der Waals surface area (Å²) in [5.41, 5.74) is 0. The highest BCUT2D eigenvalue weighted by Gasteiger charge is 2.57. The van der Waals surface area contributed by atoms with Crippen LogP contribution in [0.5, 0.6) is 0 Å². The van der Waals surface area contributed by atoms with Crippen LogP contribution >= 0.6 is 0 Å². The van der Waals surface area contributed by atoms with Crippen LogP contribution in [0.15, 0.2) is 0 Å². The molecule has 3 rings (SSSR count). The zero-order valence-electron chi connectivity index (χ0n) is 29.7. The van der Waals surface area contributed by atoms with E-state index in [0.29, 0.717) is 0 Å². The molecule has 0 aliphatic carbocycles. The second-order valence-electron chi connectivity index (χ2n) is 13.8. The predicted molar refractivity (Wildman–Crippen MR) is 171 cm³/mol. The van der Waals surface area contributed by atoms with Crippen molar-refractivity contribution < 1.29 is 110 Å². The molecule has 3 aliphatic heterocycles. The molecule has 20 atom stereocenters. The number of nitrogens with one attached hydrogen (secondary N) is 1. The Morgan fingerprint density at radius 3 is 2.06 bits per heavy atom. The third kappa shape index (κ3) is 10.6. The molecular weight excluding hydrogens is 738 g/mol. The topological polar surface area (TPSA) is 385 Å². The highest BCUT2D eigenvalue weighted by molar-refractivity contribution is 5.76.